The van der Waals surface area contributed by atoms with Crippen molar-refractivity contribution in [1.29, 1.82) is 0 Å². The van der Waals surface area contributed by atoms with E-state index in [0.717, 1.165) is 16.7 Å². The number of carbonyl (C=O) groups is 1. The normalized spacial score (nSPS) is 11.4. The summed E-state index contributed by atoms with van der Waals surface area (Å²) < 4.78 is 9.83. The second kappa shape index (κ2) is 6.06. The van der Waals surface area contributed by atoms with Crippen LogP contribution in [0.4, 0.5) is 0 Å². The van der Waals surface area contributed by atoms with Gasteiger partial charge in [-0.05, 0) is 31.2 Å². The van der Waals surface area contributed by atoms with Gasteiger partial charge in [0.25, 0.3) is 0 Å². The van der Waals surface area contributed by atoms with Crippen LogP contribution in [0.5, 0.6) is 5.75 Å². The van der Waals surface area contributed by atoms with Gasteiger partial charge in [-0.2, -0.15) is 0 Å². The number of pyridine rings is 1. The molecule has 0 aliphatic rings. The minimum absolute atomic E-state index is 0.210. The summed E-state index contributed by atoms with van der Waals surface area (Å²) in [6.07, 6.45) is 1.28. The summed E-state index contributed by atoms with van der Waals surface area (Å²) in [6.45, 7) is 1.88. The smallest absolute Gasteiger partial charge is 0.373 e. The summed E-state index contributed by atoms with van der Waals surface area (Å²) in [4.78, 5) is 15.6. The Labute approximate surface area is 116 Å². The van der Waals surface area contributed by atoms with E-state index in [1.54, 1.807) is 26.2 Å². The first-order chi connectivity index (χ1) is 9.63. The highest BCUT2D eigenvalue weighted by Gasteiger charge is 2.08. The molecule has 0 fully saturated rings. The first-order valence-electron chi connectivity index (χ1n) is 6.16. The predicted molar refractivity (Wildman–Crippen MR) is 75.5 cm³/mol. The van der Waals surface area contributed by atoms with E-state index in [-0.39, 0.29) is 6.61 Å². The molecule has 0 aliphatic heterocycles. The molecule has 1 heterocycles. The Balaban J connectivity index is 2.32. The van der Waals surface area contributed by atoms with Crippen LogP contribution in [0.1, 0.15) is 12.6 Å². The monoisotopic (exact) mass is 273 g/mol. The van der Waals surface area contributed by atoms with Gasteiger partial charge in [0.05, 0.1) is 24.9 Å². The zero-order chi connectivity index (χ0) is 14.5. The van der Waals surface area contributed by atoms with Crippen LogP contribution in [0.25, 0.3) is 17.0 Å². The lowest BCUT2D eigenvalue weighted by Gasteiger charge is -2.03. The number of carbonyl (C=O) groups excluding carboxylic acids is 1. The minimum atomic E-state index is -0.760. The van der Waals surface area contributed by atoms with Crippen molar-refractivity contribution in [2.45, 2.75) is 6.92 Å². The highest BCUT2D eigenvalue weighted by Crippen LogP contribution is 2.20. The highest BCUT2D eigenvalue weighted by molar-refractivity contribution is 5.91. The molecule has 0 spiro atoms. The molecule has 5 nitrogen and oxygen atoms in total. The molecule has 0 amide bonds. The van der Waals surface area contributed by atoms with Crippen LogP contribution < -0.4 is 4.74 Å². The van der Waals surface area contributed by atoms with Crippen LogP contribution in [-0.4, -0.2) is 29.8 Å². The van der Waals surface area contributed by atoms with Gasteiger partial charge in [0, 0.05) is 11.5 Å². The first-order valence-corrected chi connectivity index (χ1v) is 6.16. The zero-order valence-corrected chi connectivity index (χ0v) is 11.3. The number of fused-ring (bicyclic) bond motifs is 1. The van der Waals surface area contributed by atoms with Gasteiger partial charge >= 0.3 is 5.97 Å². The lowest BCUT2D eigenvalue weighted by atomic mass is 10.2. The largest absolute Gasteiger partial charge is 0.502 e. The number of rotatable bonds is 4. The molecule has 2 rings (SSSR count). The third-order valence-corrected chi connectivity index (χ3v) is 2.69. The molecule has 104 valence electrons. The average molecular weight is 273 g/mol. The third-order valence-electron chi connectivity index (χ3n) is 2.69. The van der Waals surface area contributed by atoms with Crippen LogP contribution in [0, 0.1) is 0 Å². The van der Waals surface area contributed by atoms with Crippen molar-refractivity contribution in [2.24, 2.45) is 0 Å². The molecule has 0 saturated heterocycles. The molecular formula is C15H15NO4. The molecule has 20 heavy (non-hydrogen) atoms. The Morgan fingerprint density at radius 3 is 2.85 bits per heavy atom. The highest BCUT2D eigenvalue weighted by atomic mass is 16.5. The van der Waals surface area contributed by atoms with Gasteiger partial charge in [0.1, 0.15) is 5.75 Å². The Morgan fingerprint density at radius 2 is 2.15 bits per heavy atom. The van der Waals surface area contributed by atoms with E-state index in [1.165, 1.54) is 6.08 Å². The molecule has 1 N–H and O–H groups in total. The number of nitrogens with zero attached hydrogens (tertiary/aromatic N) is 1. The summed E-state index contributed by atoms with van der Waals surface area (Å²) in [6, 6.07) is 9.02. The fourth-order valence-corrected chi connectivity index (χ4v) is 1.73. The van der Waals surface area contributed by atoms with Crippen molar-refractivity contribution in [2.75, 3.05) is 13.7 Å². The number of hydrogen-bond donors (Lipinski definition) is 1. The van der Waals surface area contributed by atoms with Crippen molar-refractivity contribution in [1.82, 2.24) is 4.98 Å². The number of aliphatic hydroxyl groups is 1. The number of benzene rings is 1. The molecule has 1 aromatic carbocycles. The standard InChI is InChI=1S/C15H15NO4/c1-3-20-15(18)14(17)9-11-5-4-10-8-12(19-2)6-7-13(10)16-11/h4-9,17H,3H2,1-2H3/b14-9-. The number of aliphatic hydroxyl groups excluding tert-OH is 1. The van der Waals surface area contributed by atoms with Crippen molar-refractivity contribution < 1.29 is 19.4 Å². The Kier molecular flexibility index (Phi) is 4.20. The number of methoxy groups -OCH3 is 1. The summed E-state index contributed by atoms with van der Waals surface area (Å²) in [5, 5.41) is 10.5. The molecule has 0 aliphatic carbocycles. The Bertz CT molecular complexity index is 664. The van der Waals surface area contributed by atoms with Gasteiger partial charge in [-0.15, -0.1) is 0 Å². The number of aromatic nitrogens is 1. The van der Waals surface area contributed by atoms with Crippen LogP contribution in [0.2, 0.25) is 0 Å². The SMILES string of the molecule is CCOC(=O)/C(O)=C/c1ccc2cc(OC)ccc2n1. The summed E-state index contributed by atoms with van der Waals surface area (Å²) in [5.41, 5.74) is 1.23. The van der Waals surface area contributed by atoms with Crippen LogP contribution in [-0.2, 0) is 9.53 Å². The lowest BCUT2D eigenvalue weighted by Crippen LogP contribution is -2.06. The minimum Gasteiger partial charge on any atom is -0.502 e. The van der Waals surface area contributed by atoms with Gasteiger partial charge in [-0.25, -0.2) is 9.78 Å². The molecule has 0 radical (unpaired) electrons. The maximum absolute atomic E-state index is 11.3. The van der Waals surface area contributed by atoms with E-state index in [0.29, 0.717) is 5.69 Å². The molecule has 0 unspecified atom stereocenters. The van der Waals surface area contributed by atoms with Gasteiger partial charge in [-0.1, -0.05) is 6.07 Å². The van der Waals surface area contributed by atoms with E-state index in [4.69, 9.17) is 9.47 Å². The fraction of sp³-hybridized carbons (Fsp3) is 0.200. The van der Waals surface area contributed by atoms with Crippen LogP contribution in [0.3, 0.4) is 0 Å². The van der Waals surface area contributed by atoms with E-state index in [2.05, 4.69) is 4.98 Å². The molecule has 0 atom stereocenters. The molecule has 0 saturated carbocycles. The van der Waals surface area contributed by atoms with E-state index in [1.807, 2.05) is 18.2 Å². The maximum atomic E-state index is 11.3. The Morgan fingerprint density at radius 1 is 1.35 bits per heavy atom. The molecule has 0 bridgehead atoms. The second-order valence-electron chi connectivity index (χ2n) is 4.04. The maximum Gasteiger partial charge on any atom is 0.373 e. The lowest BCUT2D eigenvalue weighted by molar-refractivity contribution is -0.141. The van der Waals surface area contributed by atoms with Gasteiger partial charge in [0.15, 0.2) is 0 Å². The summed E-state index contributed by atoms with van der Waals surface area (Å²) in [5.74, 6) is -0.478. The number of ether oxygens (including phenoxy) is 2. The second-order valence-corrected chi connectivity index (χ2v) is 4.04. The van der Waals surface area contributed by atoms with Gasteiger partial charge < -0.3 is 14.6 Å². The quantitative estimate of drug-likeness (QED) is 0.527. The predicted octanol–water partition coefficient (Wildman–Crippen LogP) is 2.71. The van der Waals surface area contributed by atoms with E-state index >= 15 is 0 Å². The van der Waals surface area contributed by atoms with Crippen molar-refractivity contribution >= 4 is 22.9 Å². The first kappa shape index (κ1) is 13.9. The third kappa shape index (κ3) is 3.06. The van der Waals surface area contributed by atoms with E-state index in [9.17, 15) is 9.90 Å². The van der Waals surface area contributed by atoms with Gasteiger partial charge in [0.2, 0.25) is 5.76 Å². The number of hydrogen-bond acceptors (Lipinski definition) is 5. The fourth-order valence-electron chi connectivity index (χ4n) is 1.73. The summed E-state index contributed by atoms with van der Waals surface area (Å²) >= 11 is 0. The van der Waals surface area contributed by atoms with Crippen molar-refractivity contribution in [3.05, 3.63) is 41.8 Å². The Hall–Kier alpha value is -2.56. The van der Waals surface area contributed by atoms with Crippen molar-refractivity contribution in [3.8, 4) is 5.75 Å². The van der Waals surface area contributed by atoms with Gasteiger partial charge in [-0.3, -0.25) is 0 Å². The molecule has 5 heteroatoms. The molecular weight excluding hydrogens is 258 g/mol. The van der Waals surface area contributed by atoms with E-state index < -0.39 is 11.7 Å². The molecule has 1 aromatic heterocycles. The van der Waals surface area contributed by atoms with Crippen molar-refractivity contribution in [3.63, 3.8) is 0 Å². The zero-order valence-electron chi connectivity index (χ0n) is 11.3. The average Bonchev–Trinajstić information content (AvgIpc) is 2.46. The summed E-state index contributed by atoms with van der Waals surface area (Å²) in [7, 11) is 1.60. The molecule has 2 aromatic rings. The number of esters is 1. The topological polar surface area (TPSA) is 68.7 Å². The van der Waals surface area contributed by atoms with Crippen LogP contribution in [0.15, 0.2) is 36.1 Å². The van der Waals surface area contributed by atoms with Crippen LogP contribution >= 0.6 is 0 Å².